The minimum Gasteiger partial charge on any atom is -0.397 e. The number of carbonyl (C=O) groups excluding carboxylic acids is 1. The van der Waals surface area contributed by atoms with Crippen LogP contribution in [0.5, 0.6) is 0 Å². The normalized spacial score (nSPS) is 12.9. The van der Waals surface area contributed by atoms with Crippen molar-refractivity contribution in [2.45, 2.75) is 33.7 Å². The van der Waals surface area contributed by atoms with Crippen LogP contribution in [-0.2, 0) is 0 Å². The summed E-state index contributed by atoms with van der Waals surface area (Å²) in [6, 6.07) is 1.68. The van der Waals surface area contributed by atoms with E-state index in [1.54, 1.807) is 0 Å². The average molecular weight is 307 g/mol. The van der Waals surface area contributed by atoms with Gasteiger partial charge < -0.3 is 16.2 Å². The van der Waals surface area contributed by atoms with Gasteiger partial charge in [-0.3, -0.25) is 4.79 Å². The average Bonchev–Trinajstić information content (AvgIpc) is 2.72. The Morgan fingerprint density at radius 1 is 1.48 bits per heavy atom. The van der Waals surface area contributed by atoms with Crippen LogP contribution in [0.1, 0.15) is 34.8 Å². The number of aryl methyl sites for hydroxylation is 2. The fraction of sp³-hybridized carbons (Fsp3) is 0.467. The van der Waals surface area contributed by atoms with Crippen LogP contribution < -0.4 is 11.1 Å². The molecule has 2 aromatic heterocycles. The number of hydrogen-bond acceptors (Lipinski definition) is 5. The van der Waals surface area contributed by atoms with Crippen molar-refractivity contribution >= 4 is 33.1 Å². The van der Waals surface area contributed by atoms with E-state index in [0.29, 0.717) is 10.6 Å². The first kappa shape index (κ1) is 15.7. The van der Waals surface area contributed by atoms with Crippen molar-refractivity contribution in [3.8, 4) is 0 Å². The number of aliphatic hydroxyl groups is 1. The number of rotatable bonds is 4. The second kappa shape index (κ2) is 5.99. The number of anilines is 1. The molecule has 0 aliphatic carbocycles. The van der Waals surface area contributed by atoms with Crippen LogP contribution >= 0.6 is 11.3 Å². The van der Waals surface area contributed by atoms with Crippen LogP contribution in [0, 0.1) is 19.8 Å². The van der Waals surface area contributed by atoms with Gasteiger partial charge in [-0.2, -0.15) is 0 Å². The van der Waals surface area contributed by atoms with E-state index in [1.165, 1.54) is 11.3 Å². The molecule has 1 atom stereocenters. The Balaban J connectivity index is 2.41. The quantitative estimate of drug-likeness (QED) is 0.808. The van der Waals surface area contributed by atoms with E-state index in [2.05, 4.69) is 10.3 Å². The number of nitrogens with one attached hydrogen (secondary N) is 1. The summed E-state index contributed by atoms with van der Waals surface area (Å²) in [7, 11) is 0. The molecule has 21 heavy (non-hydrogen) atoms. The number of nitrogen functional groups attached to an aromatic ring is 1. The van der Waals surface area contributed by atoms with Crippen LogP contribution in [-0.4, -0.2) is 28.6 Å². The van der Waals surface area contributed by atoms with E-state index >= 15 is 0 Å². The summed E-state index contributed by atoms with van der Waals surface area (Å²) >= 11 is 1.29. The van der Waals surface area contributed by atoms with Gasteiger partial charge in [-0.05, 0) is 31.4 Å². The Labute approximate surface area is 128 Å². The number of thiophene rings is 1. The highest BCUT2D eigenvalue weighted by Gasteiger charge is 2.22. The van der Waals surface area contributed by atoms with Crippen molar-refractivity contribution in [1.82, 2.24) is 10.3 Å². The summed E-state index contributed by atoms with van der Waals surface area (Å²) in [4.78, 5) is 18.1. The molecule has 0 aromatic carbocycles. The number of nitrogens with zero attached hydrogens (tertiary/aromatic N) is 1. The number of nitrogens with two attached hydrogens (primary N) is 1. The second-order valence-corrected chi connectivity index (χ2v) is 6.61. The Morgan fingerprint density at radius 3 is 2.71 bits per heavy atom. The van der Waals surface area contributed by atoms with Crippen molar-refractivity contribution < 1.29 is 9.90 Å². The van der Waals surface area contributed by atoms with Crippen molar-refractivity contribution in [2.75, 3.05) is 12.3 Å². The molecule has 2 heterocycles. The molecular formula is C15H21N3O2S. The molecule has 0 aliphatic heterocycles. The van der Waals surface area contributed by atoms with Gasteiger partial charge in [0, 0.05) is 11.1 Å². The Bertz CT molecular complexity index is 679. The van der Waals surface area contributed by atoms with Gasteiger partial charge in [0.15, 0.2) is 0 Å². The van der Waals surface area contributed by atoms with Gasteiger partial charge in [-0.1, -0.05) is 13.8 Å². The van der Waals surface area contributed by atoms with Gasteiger partial charge >= 0.3 is 0 Å². The zero-order valence-corrected chi connectivity index (χ0v) is 13.5. The van der Waals surface area contributed by atoms with E-state index in [4.69, 9.17) is 5.73 Å². The van der Waals surface area contributed by atoms with Gasteiger partial charge in [0.25, 0.3) is 5.91 Å². The fourth-order valence-corrected chi connectivity index (χ4v) is 3.41. The molecule has 5 nitrogen and oxygen atoms in total. The van der Waals surface area contributed by atoms with Crippen molar-refractivity contribution in [3.05, 3.63) is 22.2 Å². The molecule has 2 aromatic rings. The minimum atomic E-state index is -0.280. The lowest BCUT2D eigenvalue weighted by molar-refractivity contribution is 0.0902. The number of fused-ring (bicyclic) bond motifs is 1. The van der Waals surface area contributed by atoms with Gasteiger partial charge in [0.1, 0.15) is 9.71 Å². The van der Waals surface area contributed by atoms with Gasteiger partial charge in [-0.25, -0.2) is 4.98 Å². The topological polar surface area (TPSA) is 88.2 Å². The van der Waals surface area contributed by atoms with E-state index in [1.807, 2.05) is 33.8 Å². The maximum Gasteiger partial charge on any atom is 0.263 e. The molecule has 0 saturated carbocycles. The van der Waals surface area contributed by atoms with Gasteiger partial charge in [0.2, 0.25) is 0 Å². The van der Waals surface area contributed by atoms with Crippen molar-refractivity contribution in [2.24, 2.45) is 5.92 Å². The van der Waals surface area contributed by atoms with Crippen LogP contribution in [0.2, 0.25) is 0 Å². The third kappa shape index (κ3) is 3.01. The zero-order chi connectivity index (χ0) is 15.7. The summed E-state index contributed by atoms with van der Waals surface area (Å²) < 4.78 is 0. The van der Waals surface area contributed by atoms with Crippen LogP contribution in [0.25, 0.3) is 10.2 Å². The summed E-state index contributed by atoms with van der Waals surface area (Å²) in [6.07, 6.45) is 0. The molecule has 1 unspecified atom stereocenters. The largest absolute Gasteiger partial charge is 0.397 e. The standard InChI is InChI=1S/C15H21N3O2S/c1-7(2)10(6-19)18-14(20)13-12(16)11-8(3)5-9(4)17-15(11)21-13/h5,7,10,19H,6,16H2,1-4H3,(H,18,20). The van der Waals surface area contributed by atoms with E-state index in [9.17, 15) is 9.90 Å². The summed E-state index contributed by atoms with van der Waals surface area (Å²) in [6.45, 7) is 7.69. The molecule has 4 N–H and O–H groups in total. The van der Waals surface area contributed by atoms with Crippen molar-refractivity contribution in [1.29, 1.82) is 0 Å². The summed E-state index contributed by atoms with van der Waals surface area (Å²) in [5.41, 5.74) is 8.53. The monoisotopic (exact) mass is 307 g/mol. The van der Waals surface area contributed by atoms with E-state index in [0.717, 1.165) is 21.5 Å². The molecule has 2 rings (SSSR count). The molecule has 6 heteroatoms. The zero-order valence-electron chi connectivity index (χ0n) is 12.7. The first-order valence-electron chi connectivity index (χ1n) is 6.93. The Morgan fingerprint density at radius 2 is 2.14 bits per heavy atom. The second-order valence-electron chi connectivity index (χ2n) is 5.61. The third-order valence-electron chi connectivity index (χ3n) is 3.55. The maximum atomic E-state index is 12.4. The van der Waals surface area contributed by atoms with Crippen LogP contribution in [0.15, 0.2) is 6.07 Å². The maximum absolute atomic E-state index is 12.4. The van der Waals surface area contributed by atoms with Gasteiger partial charge in [-0.15, -0.1) is 11.3 Å². The van der Waals surface area contributed by atoms with Crippen LogP contribution in [0.3, 0.4) is 0 Å². The number of aromatic nitrogens is 1. The predicted molar refractivity (Wildman–Crippen MR) is 86.7 cm³/mol. The predicted octanol–water partition coefficient (Wildman–Crippen LogP) is 2.24. The molecular weight excluding hydrogens is 286 g/mol. The molecule has 0 aliphatic rings. The highest BCUT2D eigenvalue weighted by molar-refractivity contribution is 7.21. The Kier molecular flexibility index (Phi) is 4.49. The SMILES string of the molecule is Cc1cc(C)c2c(N)c(C(=O)NC(CO)C(C)C)sc2n1. The lowest BCUT2D eigenvalue weighted by atomic mass is 10.1. The number of amides is 1. The summed E-state index contributed by atoms with van der Waals surface area (Å²) in [5.74, 6) is -0.100. The number of aliphatic hydroxyl groups excluding tert-OH is 1. The highest BCUT2D eigenvalue weighted by Crippen LogP contribution is 2.34. The number of pyridine rings is 1. The van der Waals surface area contributed by atoms with Crippen molar-refractivity contribution in [3.63, 3.8) is 0 Å². The molecule has 0 fully saturated rings. The first-order chi connectivity index (χ1) is 9.85. The molecule has 114 valence electrons. The van der Waals surface area contributed by atoms with E-state index < -0.39 is 0 Å². The summed E-state index contributed by atoms with van der Waals surface area (Å²) in [5, 5.41) is 13.0. The molecule has 0 spiro atoms. The van der Waals surface area contributed by atoms with E-state index in [-0.39, 0.29) is 24.5 Å². The highest BCUT2D eigenvalue weighted by atomic mass is 32.1. The molecule has 0 saturated heterocycles. The fourth-order valence-electron chi connectivity index (χ4n) is 2.29. The molecule has 1 amide bonds. The first-order valence-corrected chi connectivity index (χ1v) is 7.74. The van der Waals surface area contributed by atoms with Crippen LogP contribution in [0.4, 0.5) is 5.69 Å². The smallest absolute Gasteiger partial charge is 0.263 e. The Hall–Kier alpha value is -1.66. The number of carbonyl (C=O) groups is 1. The molecule has 0 radical (unpaired) electrons. The minimum absolute atomic E-state index is 0.0927. The molecule has 0 bridgehead atoms. The number of hydrogen-bond donors (Lipinski definition) is 3. The van der Waals surface area contributed by atoms with Gasteiger partial charge in [0.05, 0.1) is 18.3 Å². The lowest BCUT2D eigenvalue weighted by Gasteiger charge is -2.19. The lowest BCUT2D eigenvalue weighted by Crippen LogP contribution is -2.41. The third-order valence-corrected chi connectivity index (χ3v) is 4.65.